The molecule has 0 aliphatic carbocycles. The van der Waals surface area contributed by atoms with Crippen molar-refractivity contribution in [3.8, 4) is 0 Å². The van der Waals surface area contributed by atoms with Crippen LogP contribution in [0.1, 0.15) is 17.5 Å². The van der Waals surface area contributed by atoms with E-state index in [1.165, 1.54) is 0 Å². The van der Waals surface area contributed by atoms with Crippen LogP contribution < -0.4 is 10.2 Å². The van der Waals surface area contributed by atoms with Gasteiger partial charge in [0.2, 0.25) is 5.91 Å². The number of likely N-dealkylation sites (tertiary alicyclic amines) is 1. The van der Waals surface area contributed by atoms with Crippen molar-refractivity contribution in [2.45, 2.75) is 18.8 Å². The van der Waals surface area contributed by atoms with Gasteiger partial charge in [-0.25, -0.2) is 4.79 Å². The van der Waals surface area contributed by atoms with Crippen LogP contribution in [0.2, 0.25) is 0 Å². The second-order valence-corrected chi connectivity index (χ2v) is 6.93. The highest BCUT2D eigenvalue weighted by Crippen LogP contribution is 2.46. The molecule has 1 N–H and O–H groups in total. The molecule has 2 aromatic carbocycles. The van der Waals surface area contributed by atoms with E-state index in [4.69, 9.17) is 0 Å². The molecule has 5 heteroatoms. The Morgan fingerprint density at radius 3 is 2.60 bits per heavy atom. The minimum absolute atomic E-state index is 0.0827. The van der Waals surface area contributed by atoms with Gasteiger partial charge in [0, 0.05) is 31.5 Å². The molecule has 2 aliphatic rings. The predicted octanol–water partition coefficient (Wildman–Crippen LogP) is 3.15. The molecule has 5 nitrogen and oxygen atoms in total. The Balaban J connectivity index is 1.56. The van der Waals surface area contributed by atoms with E-state index in [1.807, 2.05) is 62.5 Å². The molecule has 128 valence electrons. The van der Waals surface area contributed by atoms with Crippen molar-refractivity contribution in [1.82, 2.24) is 4.90 Å². The number of carbonyl (C=O) groups excluding carboxylic acids is 2. The summed E-state index contributed by atoms with van der Waals surface area (Å²) in [6, 6.07) is 15.4. The van der Waals surface area contributed by atoms with Crippen LogP contribution in [0.4, 0.5) is 16.2 Å². The van der Waals surface area contributed by atoms with Crippen LogP contribution in [0.25, 0.3) is 0 Å². The van der Waals surface area contributed by atoms with Gasteiger partial charge < -0.3 is 15.1 Å². The predicted molar refractivity (Wildman–Crippen MR) is 97.9 cm³/mol. The summed E-state index contributed by atoms with van der Waals surface area (Å²) in [7, 11) is 1.81. The number of rotatable bonds is 1. The Morgan fingerprint density at radius 1 is 1.12 bits per heavy atom. The zero-order valence-corrected chi connectivity index (χ0v) is 14.5. The number of hydrogen-bond acceptors (Lipinski definition) is 2. The molecule has 0 bridgehead atoms. The first-order chi connectivity index (χ1) is 12.0. The maximum absolute atomic E-state index is 12.9. The molecule has 1 unspecified atom stereocenters. The molecule has 0 saturated carbocycles. The molecule has 1 atom stereocenters. The largest absolute Gasteiger partial charge is 0.323 e. The van der Waals surface area contributed by atoms with Crippen molar-refractivity contribution in [3.63, 3.8) is 0 Å². The number of para-hydroxylation sites is 1. The van der Waals surface area contributed by atoms with Gasteiger partial charge in [-0.3, -0.25) is 4.79 Å². The first-order valence-corrected chi connectivity index (χ1v) is 8.51. The monoisotopic (exact) mass is 335 g/mol. The molecule has 2 heterocycles. The van der Waals surface area contributed by atoms with E-state index in [9.17, 15) is 9.59 Å². The average Bonchev–Trinajstić information content (AvgIpc) is 3.16. The summed E-state index contributed by atoms with van der Waals surface area (Å²) in [5, 5.41) is 2.93. The summed E-state index contributed by atoms with van der Waals surface area (Å²) in [6.07, 6.45) is 0.661. The zero-order valence-electron chi connectivity index (χ0n) is 14.5. The van der Waals surface area contributed by atoms with Crippen LogP contribution in [0.3, 0.4) is 0 Å². The topological polar surface area (TPSA) is 52.7 Å². The van der Waals surface area contributed by atoms with Gasteiger partial charge in [0.1, 0.15) is 0 Å². The van der Waals surface area contributed by atoms with Crippen LogP contribution in [-0.4, -0.2) is 37.0 Å². The van der Waals surface area contributed by atoms with Gasteiger partial charge in [-0.15, -0.1) is 0 Å². The number of likely N-dealkylation sites (N-methyl/N-ethyl adjacent to an activating group) is 1. The summed E-state index contributed by atoms with van der Waals surface area (Å²) in [5.74, 6) is 0.0827. The highest BCUT2D eigenvalue weighted by Gasteiger charge is 2.54. The van der Waals surface area contributed by atoms with Crippen molar-refractivity contribution in [1.29, 1.82) is 0 Å². The third kappa shape index (κ3) is 2.38. The maximum atomic E-state index is 12.9. The van der Waals surface area contributed by atoms with Crippen LogP contribution in [0.5, 0.6) is 0 Å². The summed E-state index contributed by atoms with van der Waals surface area (Å²) >= 11 is 0. The smallest absolute Gasteiger partial charge is 0.321 e. The molecule has 1 fully saturated rings. The van der Waals surface area contributed by atoms with E-state index in [2.05, 4.69) is 5.32 Å². The number of nitrogens with one attached hydrogen (secondary N) is 1. The molecule has 0 radical (unpaired) electrons. The molecule has 4 rings (SSSR count). The first kappa shape index (κ1) is 15.7. The molecule has 2 aliphatic heterocycles. The second kappa shape index (κ2) is 5.62. The lowest BCUT2D eigenvalue weighted by Crippen LogP contribution is -2.42. The minimum atomic E-state index is -0.601. The van der Waals surface area contributed by atoms with Gasteiger partial charge in [-0.2, -0.15) is 0 Å². The number of aryl methyl sites for hydroxylation is 1. The lowest BCUT2D eigenvalue weighted by atomic mass is 9.81. The standard InChI is InChI=1S/C20H21N3O2/c1-14-7-9-15(10-8-14)21-19(25)23-12-11-20(13-23)16-5-3-4-6-17(16)22(2)18(20)24/h3-10H,11-13H2,1-2H3,(H,21,25). The molecule has 2 aromatic rings. The number of carbonyl (C=O) groups is 2. The summed E-state index contributed by atoms with van der Waals surface area (Å²) in [6.45, 7) is 3.01. The number of fused-ring (bicyclic) bond motifs is 2. The van der Waals surface area contributed by atoms with Gasteiger partial charge in [-0.05, 0) is 37.1 Å². The Kier molecular flexibility index (Phi) is 3.53. The van der Waals surface area contributed by atoms with Gasteiger partial charge in [0.05, 0.1) is 5.41 Å². The Morgan fingerprint density at radius 2 is 1.84 bits per heavy atom. The minimum Gasteiger partial charge on any atom is -0.323 e. The third-order valence-corrected chi connectivity index (χ3v) is 5.35. The van der Waals surface area contributed by atoms with Crippen molar-refractivity contribution < 1.29 is 9.59 Å². The van der Waals surface area contributed by atoms with E-state index in [-0.39, 0.29) is 11.9 Å². The summed E-state index contributed by atoms with van der Waals surface area (Å²) in [5.41, 5.74) is 3.30. The number of nitrogens with zero attached hydrogens (tertiary/aromatic N) is 2. The normalized spacial score (nSPS) is 21.8. The Labute approximate surface area is 147 Å². The van der Waals surface area contributed by atoms with E-state index in [1.54, 1.807) is 9.80 Å². The number of amides is 3. The summed E-state index contributed by atoms with van der Waals surface area (Å²) < 4.78 is 0. The number of benzene rings is 2. The van der Waals surface area contributed by atoms with Crippen molar-refractivity contribution >= 4 is 23.3 Å². The van der Waals surface area contributed by atoms with Crippen LogP contribution >= 0.6 is 0 Å². The van der Waals surface area contributed by atoms with Crippen LogP contribution in [-0.2, 0) is 10.2 Å². The van der Waals surface area contributed by atoms with E-state index in [0.29, 0.717) is 19.5 Å². The van der Waals surface area contributed by atoms with Crippen molar-refractivity contribution in [3.05, 3.63) is 59.7 Å². The third-order valence-electron chi connectivity index (χ3n) is 5.35. The lowest BCUT2D eigenvalue weighted by Gasteiger charge is -2.23. The van der Waals surface area contributed by atoms with Gasteiger partial charge in [-0.1, -0.05) is 35.9 Å². The fraction of sp³-hybridized carbons (Fsp3) is 0.300. The lowest BCUT2D eigenvalue weighted by molar-refractivity contribution is -0.122. The highest BCUT2D eigenvalue weighted by atomic mass is 16.2. The number of urea groups is 1. The average molecular weight is 335 g/mol. The number of hydrogen-bond donors (Lipinski definition) is 1. The fourth-order valence-corrected chi connectivity index (χ4v) is 3.93. The van der Waals surface area contributed by atoms with E-state index >= 15 is 0 Å². The van der Waals surface area contributed by atoms with E-state index in [0.717, 1.165) is 22.5 Å². The highest BCUT2D eigenvalue weighted by molar-refractivity contribution is 6.08. The second-order valence-electron chi connectivity index (χ2n) is 6.93. The Bertz CT molecular complexity index is 846. The van der Waals surface area contributed by atoms with Gasteiger partial charge in [0.15, 0.2) is 0 Å². The van der Waals surface area contributed by atoms with Crippen molar-refractivity contribution in [2.75, 3.05) is 30.4 Å². The van der Waals surface area contributed by atoms with E-state index < -0.39 is 5.41 Å². The summed E-state index contributed by atoms with van der Waals surface area (Å²) in [4.78, 5) is 29.0. The Hall–Kier alpha value is -2.82. The van der Waals surface area contributed by atoms with Crippen molar-refractivity contribution in [2.24, 2.45) is 0 Å². The van der Waals surface area contributed by atoms with Gasteiger partial charge >= 0.3 is 6.03 Å². The van der Waals surface area contributed by atoms with Crippen LogP contribution in [0.15, 0.2) is 48.5 Å². The zero-order chi connectivity index (χ0) is 17.6. The molecule has 1 spiro atoms. The van der Waals surface area contributed by atoms with Gasteiger partial charge in [0.25, 0.3) is 0 Å². The maximum Gasteiger partial charge on any atom is 0.321 e. The molecular weight excluding hydrogens is 314 g/mol. The fourth-order valence-electron chi connectivity index (χ4n) is 3.93. The SMILES string of the molecule is Cc1ccc(NC(=O)N2CCC3(C2)C(=O)N(C)c2ccccc23)cc1. The van der Waals surface area contributed by atoms with Crippen LogP contribution in [0, 0.1) is 6.92 Å². The number of anilines is 2. The molecule has 25 heavy (non-hydrogen) atoms. The molecule has 0 aromatic heterocycles. The molecule has 1 saturated heterocycles. The first-order valence-electron chi connectivity index (χ1n) is 8.51. The molecule has 3 amide bonds. The molecular formula is C20H21N3O2. The quantitative estimate of drug-likeness (QED) is 0.870.